The first kappa shape index (κ1) is 19.1. The van der Waals surface area contributed by atoms with Crippen LogP contribution in [0.2, 0.25) is 4.34 Å². The molecule has 4 rings (SSSR count). The molecule has 0 aliphatic heterocycles. The zero-order valence-electron chi connectivity index (χ0n) is 15.0. The van der Waals surface area contributed by atoms with E-state index in [-0.39, 0.29) is 5.56 Å². The number of aromatic nitrogens is 2. The van der Waals surface area contributed by atoms with Crippen LogP contribution in [0, 0.1) is 0 Å². The second-order valence-electron chi connectivity index (χ2n) is 6.37. The van der Waals surface area contributed by atoms with Gasteiger partial charge < -0.3 is 4.98 Å². The van der Waals surface area contributed by atoms with Gasteiger partial charge in [0.15, 0.2) is 0 Å². The Morgan fingerprint density at radius 3 is 2.71 bits per heavy atom. The Morgan fingerprint density at radius 1 is 1.18 bits per heavy atom. The molecule has 28 heavy (non-hydrogen) atoms. The summed E-state index contributed by atoms with van der Waals surface area (Å²) in [5.74, 6) is 0.656. The lowest BCUT2D eigenvalue weighted by atomic mass is 10.1. The van der Waals surface area contributed by atoms with Crippen LogP contribution in [0.3, 0.4) is 0 Å². The third-order valence-corrected chi connectivity index (χ3v) is 6.43. The number of nitrogens with one attached hydrogen (secondary N) is 1. The molecule has 3 heterocycles. The zero-order valence-corrected chi connectivity index (χ0v) is 17.4. The number of benzene rings is 1. The van der Waals surface area contributed by atoms with Crippen LogP contribution in [0.1, 0.15) is 10.7 Å². The molecule has 0 spiro atoms. The number of H-pyrrole nitrogens is 1. The van der Waals surface area contributed by atoms with E-state index in [0.29, 0.717) is 24.3 Å². The number of hydrogen-bond donors (Lipinski definition) is 1. The molecule has 3 aromatic heterocycles. The van der Waals surface area contributed by atoms with Gasteiger partial charge >= 0.3 is 0 Å². The van der Waals surface area contributed by atoms with Gasteiger partial charge in [0.1, 0.15) is 10.7 Å². The molecule has 0 fully saturated rings. The Bertz CT molecular complexity index is 1160. The van der Waals surface area contributed by atoms with E-state index in [1.54, 1.807) is 11.3 Å². The highest BCUT2D eigenvalue weighted by atomic mass is 35.5. The molecular weight excluding hydrogens is 410 g/mol. The number of thiophene rings is 2. The fourth-order valence-electron chi connectivity index (χ4n) is 3.14. The summed E-state index contributed by atoms with van der Waals surface area (Å²) < 4.78 is 0.772. The smallest absolute Gasteiger partial charge is 0.260 e. The summed E-state index contributed by atoms with van der Waals surface area (Å²) in [7, 11) is 0. The van der Waals surface area contributed by atoms with Gasteiger partial charge in [0.25, 0.3) is 5.56 Å². The van der Waals surface area contributed by atoms with E-state index < -0.39 is 0 Å². The van der Waals surface area contributed by atoms with Gasteiger partial charge in [0, 0.05) is 28.9 Å². The number of halogens is 1. The lowest BCUT2D eigenvalue weighted by molar-refractivity contribution is 0.281. The van der Waals surface area contributed by atoms with E-state index in [1.165, 1.54) is 11.3 Å². The number of aromatic amines is 1. The van der Waals surface area contributed by atoms with E-state index in [0.717, 1.165) is 31.7 Å². The van der Waals surface area contributed by atoms with Crippen LogP contribution < -0.4 is 5.56 Å². The second kappa shape index (κ2) is 8.41. The van der Waals surface area contributed by atoms with Gasteiger partial charge in [0.2, 0.25) is 0 Å². The van der Waals surface area contributed by atoms with E-state index >= 15 is 0 Å². The van der Waals surface area contributed by atoms with Crippen LogP contribution >= 0.6 is 34.3 Å². The first-order valence-corrected chi connectivity index (χ1v) is 10.8. The molecule has 4 nitrogen and oxygen atoms in total. The van der Waals surface area contributed by atoms with E-state index in [1.807, 2.05) is 53.9 Å². The summed E-state index contributed by atoms with van der Waals surface area (Å²) in [4.78, 5) is 24.6. The monoisotopic (exact) mass is 427 g/mol. The van der Waals surface area contributed by atoms with Crippen molar-refractivity contribution in [1.82, 2.24) is 14.9 Å². The average molecular weight is 428 g/mol. The molecule has 0 atom stereocenters. The standard InChI is InChI=1S/C21H18ClN3OS2/c1-2-10-25(11-15-8-9-17(22)28-15)12-18-23-20(26)19-16(13-27-21(19)24-18)14-6-4-3-5-7-14/h2-9,13H,1,10-12H2,(H,23,24,26). The minimum atomic E-state index is -0.0992. The maximum atomic E-state index is 12.8. The SMILES string of the molecule is C=CCN(Cc1nc2scc(-c3ccccc3)c2c(=O)[nH]1)Cc1ccc(Cl)s1. The van der Waals surface area contributed by atoms with Crippen molar-refractivity contribution in [2.45, 2.75) is 13.1 Å². The van der Waals surface area contributed by atoms with Gasteiger partial charge in [-0.2, -0.15) is 0 Å². The highest BCUT2D eigenvalue weighted by Crippen LogP contribution is 2.30. The van der Waals surface area contributed by atoms with Crippen molar-refractivity contribution in [1.29, 1.82) is 0 Å². The van der Waals surface area contributed by atoms with Crippen molar-refractivity contribution < 1.29 is 0 Å². The number of fused-ring (bicyclic) bond motifs is 1. The Labute approximate surface area is 175 Å². The number of nitrogens with zero attached hydrogens (tertiary/aromatic N) is 2. The predicted octanol–water partition coefficient (Wildman–Crippen LogP) is 5.55. The highest BCUT2D eigenvalue weighted by molar-refractivity contribution is 7.17. The summed E-state index contributed by atoms with van der Waals surface area (Å²) in [5, 5.41) is 2.65. The van der Waals surface area contributed by atoms with Gasteiger partial charge in [-0.25, -0.2) is 4.98 Å². The number of hydrogen-bond acceptors (Lipinski definition) is 5. The van der Waals surface area contributed by atoms with Gasteiger partial charge in [-0.15, -0.1) is 29.3 Å². The lowest BCUT2D eigenvalue weighted by Crippen LogP contribution is -2.25. The van der Waals surface area contributed by atoms with Gasteiger partial charge in [-0.1, -0.05) is 48.0 Å². The molecule has 0 bridgehead atoms. The van der Waals surface area contributed by atoms with Gasteiger partial charge in [-0.3, -0.25) is 9.69 Å². The third kappa shape index (κ3) is 4.10. The van der Waals surface area contributed by atoms with E-state index in [4.69, 9.17) is 16.6 Å². The highest BCUT2D eigenvalue weighted by Gasteiger charge is 2.15. The number of rotatable bonds is 7. The molecule has 7 heteroatoms. The Morgan fingerprint density at radius 2 is 2.00 bits per heavy atom. The Hall–Kier alpha value is -2.25. The maximum absolute atomic E-state index is 12.8. The first-order valence-electron chi connectivity index (χ1n) is 8.77. The largest absolute Gasteiger partial charge is 0.309 e. The topological polar surface area (TPSA) is 49.0 Å². The van der Waals surface area contributed by atoms with Crippen LogP contribution in [0.4, 0.5) is 0 Å². The van der Waals surface area contributed by atoms with Crippen molar-refractivity contribution in [2.24, 2.45) is 0 Å². The minimum absolute atomic E-state index is 0.0992. The summed E-state index contributed by atoms with van der Waals surface area (Å²) in [5.41, 5.74) is 1.85. The van der Waals surface area contributed by atoms with Crippen LogP contribution in [0.25, 0.3) is 21.3 Å². The molecule has 0 amide bonds. The normalized spacial score (nSPS) is 11.4. The summed E-state index contributed by atoms with van der Waals surface area (Å²) in [6.45, 7) is 5.79. The fourth-order valence-corrected chi connectivity index (χ4v) is 5.23. The van der Waals surface area contributed by atoms with Gasteiger partial charge in [-0.05, 0) is 17.7 Å². The lowest BCUT2D eigenvalue weighted by Gasteiger charge is -2.19. The zero-order chi connectivity index (χ0) is 19.5. The molecule has 0 saturated carbocycles. The summed E-state index contributed by atoms with van der Waals surface area (Å²) in [6.07, 6.45) is 1.85. The molecule has 0 aliphatic carbocycles. The van der Waals surface area contributed by atoms with Crippen molar-refractivity contribution in [3.63, 3.8) is 0 Å². The van der Waals surface area contributed by atoms with Crippen LogP contribution in [0.5, 0.6) is 0 Å². The predicted molar refractivity (Wildman–Crippen MR) is 119 cm³/mol. The molecular formula is C21H18ClN3OS2. The van der Waals surface area contributed by atoms with E-state index in [9.17, 15) is 4.79 Å². The first-order chi connectivity index (χ1) is 13.6. The van der Waals surface area contributed by atoms with Gasteiger partial charge in [0.05, 0.1) is 16.3 Å². The van der Waals surface area contributed by atoms with Crippen molar-refractivity contribution >= 4 is 44.5 Å². The maximum Gasteiger partial charge on any atom is 0.260 e. The molecule has 1 aromatic carbocycles. The average Bonchev–Trinajstić information content (AvgIpc) is 3.29. The van der Waals surface area contributed by atoms with Crippen molar-refractivity contribution in [2.75, 3.05) is 6.54 Å². The quantitative estimate of drug-likeness (QED) is 0.393. The van der Waals surface area contributed by atoms with Crippen molar-refractivity contribution in [3.05, 3.63) is 85.9 Å². The summed E-state index contributed by atoms with van der Waals surface area (Å²) in [6, 6.07) is 13.8. The Balaban J connectivity index is 1.63. The van der Waals surface area contributed by atoms with E-state index in [2.05, 4.69) is 16.5 Å². The second-order valence-corrected chi connectivity index (χ2v) is 9.03. The van der Waals surface area contributed by atoms with Crippen LogP contribution in [0.15, 0.2) is 65.3 Å². The molecule has 0 saturated heterocycles. The van der Waals surface area contributed by atoms with Crippen LogP contribution in [-0.4, -0.2) is 21.4 Å². The third-order valence-electron chi connectivity index (χ3n) is 4.35. The molecule has 0 radical (unpaired) electrons. The molecule has 142 valence electrons. The molecule has 0 unspecified atom stereocenters. The van der Waals surface area contributed by atoms with Crippen LogP contribution in [-0.2, 0) is 13.1 Å². The Kier molecular flexibility index (Phi) is 5.73. The minimum Gasteiger partial charge on any atom is -0.309 e. The van der Waals surface area contributed by atoms with Crippen molar-refractivity contribution in [3.8, 4) is 11.1 Å². The molecule has 1 N–H and O–H groups in total. The molecule has 0 aliphatic rings. The summed E-state index contributed by atoms with van der Waals surface area (Å²) >= 11 is 9.10. The fraction of sp³-hybridized carbons (Fsp3) is 0.143. The molecule has 4 aromatic rings.